The quantitative estimate of drug-likeness (QED) is 0.348. The van der Waals surface area contributed by atoms with E-state index in [4.69, 9.17) is 4.74 Å². The van der Waals surface area contributed by atoms with Gasteiger partial charge in [0.25, 0.3) is 0 Å². The molecule has 1 aliphatic rings. The van der Waals surface area contributed by atoms with Crippen molar-refractivity contribution in [1.82, 2.24) is 0 Å². The van der Waals surface area contributed by atoms with Crippen molar-refractivity contribution in [2.45, 2.75) is 51.3 Å². The topological polar surface area (TPSA) is 9.23 Å². The number of ether oxygens (including phenoxy) is 1. The largest absolute Gasteiger partial charge is 0.496 e. The van der Waals surface area contributed by atoms with E-state index < -0.39 is 0 Å². The molecule has 0 saturated carbocycles. The van der Waals surface area contributed by atoms with Crippen molar-refractivity contribution in [2.24, 2.45) is 5.41 Å². The van der Waals surface area contributed by atoms with Gasteiger partial charge in [0, 0.05) is 4.90 Å². The summed E-state index contributed by atoms with van der Waals surface area (Å²) in [6.07, 6.45) is 15.4. The molecule has 0 aliphatic heterocycles. The minimum Gasteiger partial charge on any atom is -0.496 e. The van der Waals surface area contributed by atoms with Crippen molar-refractivity contribution in [3.05, 3.63) is 65.8 Å². The van der Waals surface area contributed by atoms with Crippen LogP contribution in [0.3, 0.4) is 0 Å². The predicted molar refractivity (Wildman–Crippen MR) is 117 cm³/mol. The molecular formula is C24H32OS. The molecular weight excluding hydrogens is 336 g/mol. The second kappa shape index (κ2) is 9.87. The van der Waals surface area contributed by atoms with E-state index in [1.807, 2.05) is 17.8 Å². The molecule has 140 valence electrons. The van der Waals surface area contributed by atoms with Crippen molar-refractivity contribution < 1.29 is 4.74 Å². The van der Waals surface area contributed by atoms with E-state index in [2.05, 4.69) is 69.9 Å². The highest BCUT2D eigenvalue weighted by molar-refractivity contribution is 7.99. The van der Waals surface area contributed by atoms with Crippen molar-refractivity contribution in [2.75, 3.05) is 12.9 Å². The lowest BCUT2D eigenvalue weighted by atomic mass is 9.75. The average molecular weight is 369 g/mol. The molecule has 1 aromatic rings. The third kappa shape index (κ3) is 6.25. The van der Waals surface area contributed by atoms with Crippen LogP contribution < -0.4 is 4.74 Å². The number of rotatable bonds is 8. The third-order valence-electron chi connectivity index (χ3n) is 4.50. The van der Waals surface area contributed by atoms with E-state index >= 15 is 0 Å². The summed E-state index contributed by atoms with van der Waals surface area (Å²) in [5.41, 5.74) is 4.20. The van der Waals surface area contributed by atoms with Gasteiger partial charge in [-0.15, -0.1) is 11.8 Å². The zero-order chi connectivity index (χ0) is 19.0. The molecule has 0 fully saturated rings. The number of thioether (sulfide) groups is 1. The Hall–Kier alpha value is -1.67. The number of allylic oxidation sites excluding steroid dienone is 6. The standard InChI is InChI=1S/C24H32OS/c1-6-8-14-26-23-13-12-19(16-22(23)25-5)10-11-21-15-20(9-7-2)17-24(3,4)18-21/h7,9-13,15-16H,2,6,8,14,17-18H2,1,3-5H3/b11-10+,20-9-. The number of benzene rings is 1. The molecule has 0 amide bonds. The minimum atomic E-state index is 0.292. The molecule has 0 heterocycles. The summed E-state index contributed by atoms with van der Waals surface area (Å²) in [5, 5.41) is 0. The summed E-state index contributed by atoms with van der Waals surface area (Å²) in [5.74, 6) is 2.11. The van der Waals surface area contributed by atoms with Gasteiger partial charge < -0.3 is 4.74 Å². The van der Waals surface area contributed by atoms with Gasteiger partial charge >= 0.3 is 0 Å². The predicted octanol–water partition coefficient (Wildman–Crippen LogP) is 7.46. The van der Waals surface area contributed by atoms with Crippen LogP contribution >= 0.6 is 11.8 Å². The molecule has 1 aliphatic carbocycles. The van der Waals surface area contributed by atoms with Crippen LogP contribution in [0.25, 0.3) is 6.08 Å². The normalized spacial score (nSPS) is 18.2. The van der Waals surface area contributed by atoms with Crippen LogP contribution in [0.1, 0.15) is 52.0 Å². The molecule has 0 atom stereocenters. The van der Waals surface area contributed by atoms with Gasteiger partial charge in [0.2, 0.25) is 0 Å². The zero-order valence-corrected chi connectivity index (χ0v) is 17.5. The van der Waals surface area contributed by atoms with Crippen LogP contribution in [0.2, 0.25) is 0 Å². The van der Waals surface area contributed by atoms with Crippen LogP contribution in [0.4, 0.5) is 0 Å². The number of hydrogen-bond donors (Lipinski definition) is 0. The van der Waals surface area contributed by atoms with E-state index in [0.717, 1.165) is 24.3 Å². The molecule has 0 unspecified atom stereocenters. The summed E-state index contributed by atoms with van der Waals surface area (Å²) in [6.45, 7) is 10.7. The first kappa shape index (κ1) is 20.6. The second-order valence-electron chi connectivity index (χ2n) is 7.66. The minimum absolute atomic E-state index is 0.292. The fourth-order valence-corrected chi connectivity index (χ4v) is 4.41. The lowest BCUT2D eigenvalue weighted by Crippen LogP contribution is -2.16. The molecule has 0 aromatic heterocycles. The van der Waals surface area contributed by atoms with E-state index in [0.29, 0.717) is 5.41 Å². The highest BCUT2D eigenvalue weighted by atomic mass is 32.2. The molecule has 0 N–H and O–H groups in total. The number of unbranched alkanes of at least 4 members (excludes halogenated alkanes) is 1. The van der Waals surface area contributed by atoms with E-state index in [1.54, 1.807) is 7.11 Å². The van der Waals surface area contributed by atoms with Crippen LogP contribution in [0, 0.1) is 5.41 Å². The lowest BCUT2D eigenvalue weighted by Gasteiger charge is -2.30. The van der Waals surface area contributed by atoms with Gasteiger partial charge in [-0.3, -0.25) is 0 Å². The van der Waals surface area contributed by atoms with Gasteiger partial charge in [-0.2, -0.15) is 0 Å². The van der Waals surface area contributed by atoms with Gasteiger partial charge in [0.15, 0.2) is 0 Å². The summed E-state index contributed by atoms with van der Waals surface area (Å²) in [4.78, 5) is 1.23. The Kier molecular flexibility index (Phi) is 7.84. The third-order valence-corrected chi connectivity index (χ3v) is 5.64. The van der Waals surface area contributed by atoms with Gasteiger partial charge in [0.05, 0.1) is 7.11 Å². The van der Waals surface area contributed by atoms with Crippen molar-refractivity contribution in [1.29, 1.82) is 0 Å². The van der Waals surface area contributed by atoms with Gasteiger partial charge in [-0.1, -0.05) is 70.2 Å². The number of hydrogen-bond acceptors (Lipinski definition) is 2. The summed E-state index contributed by atoms with van der Waals surface area (Å²) in [6, 6.07) is 6.50. The summed E-state index contributed by atoms with van der Waals surface area (Å²) < 4.78 is 5.60. The average Bonchev–Trinajstić information content (AvgIpc) is 2.60. The first-order chi connectivity index (χ1) is 12.5. The maximum absolute atomic E-state index is 5.60. The Morgan fingerprint density at radius 1 is 1.23 bits per heavy atom. The van der Waals surface area contributed by atoms with Crippen LogP contribution in [-0.2, 0) is 0 Å². The van der Waals surface area contributed by atoms with Gasteiger partial charge in [-0.25, -0.2) is 0 Å². The Labute approximate surface area is 163 Å². The monoisotopic (exact) mass is 368 g/mol. The van der Waals surface area contributed by atoms with E-state index in [9.17, 15) is 0 Å². The summed E-state index contributed by atoms with van der Waals surface area (Å²) in [7, 11) is 1.76. The maximum Gasteiger partial charge on any atom is 0.133 e. The molecule has 0 spiro atoms. The molecule has 2 rings (SSSR count). The first-order valence-electron chi connectivity index (χ1n) is 9.48. The molecule has 1 nitrogen and oxygen atoms in total. The molecule has 26 heavy (non-hydrogen) atoms. The van der Waals surface area contributed by atoms with Gasteiger partial charge in [0.1, 0.15) is 5.75 Å². The fraction of sp³-hybridized carbons (Fsp3) is 0.417. The summed E-state index contributed by atoms with van der Waals surface area (Å²) >= 11 is 1.88. The molecule has 2 heteroatoms. The van der Waals surface area contributed by atoms with E-state index in [1.165, 1.54) is 34.4 Å². The maximum atomic E-state index is 5.60. The van der Waals surface area contributed by atoms with Crippen molar-refractivity contribution >= 4 is 17.8 Å². The SMILES string of the molecule is C=C/C=C1C=C(/C=C/c2ccc(SCCCC)c(OC)c2)CC(C)(C)C/1. The molecule has 0 bridgehead atoms. The van der Waals surface area contributed by atoms with E-state index in [-0.39, 0.29) is 0 Å². The Bertz CT molecular complexity index is 707. The van der Waals surface area contributed by atoms with Crippen molar-refractivity contribution in [3.8, 4) is 5.75 Å². The Balaban J connectivity index is 2.16. The smallest absolute Gasteiger partial charge is 0.133 e. The fourth-order valence-electron chi connectivity index (χ4n) is 3.31. The van der Waals surface area contributed by atoms with Gasteiger partial charge in [-0.05, 0) is 59.3 Å². The zero-order valence-electron chi connectivity index (χ0n) is 16.7. The molecule has 0 radical (unpaired) electrons. The Morgan fingerprint density at radius 2 is 2.04 bits per heavy atom. The highest BCUT2D eigenvalue weighted by Crippen LogP contribution is 2.38. The second-order valence-corrected chi connectivity index (χ2v) is 8.80. The molecule has 0 saturated heterocycles. The highest BCUT2D eigenvalue weighted by Gasteiger charge is 2.24. The lowest BCUT2D eigenvalue weighted by molar-refractivity contribution is 0.355. The first-order valence-corrected chi connectivity index (χ1v) is 10.5. The van der Waals surface area contributed by atoms with Crippen LogP contribution in [0.5, 0.6) is 5.75 Å². The Morgan fingerprint density at radius 3 is 2.73 bits per heavy atom. The van der Waals surface area contributed by atoms with Crippen LogP contribution in [-0.4, -0.2) is 12.9 Å². The molecule has 1 aromatic carbocycles. The van der Waals surface area contributed by atoms with Crippen LogP contribution in [0.15, 0.2) is 65.1 Å². The van der Waals surface area contributed by atoms with Crippen molar-refractivity contribution in [3.63, 3.8) is 0 Å². The number of methoxy groups -OCH3 is 1.